The monoisotopic (exact) mass is 428 g/mol. The van der Waals surface area contributed by atoms with E-state index >= 15 is 0 Å². The lowest BCUT2D eigenvalue weighted by Gasteiger charge is -2.20. The summed E-state index contributed by atoms with van der Waals surface area (Å²) >= 11 is 1.54. The maximum Gasteiger partial charge on any atom is 0.233 e. The zero-order valence-corrected chi connectivity index (χ0v) is 18.9. The lowest BCUT2D eigenvalue weighted by atomic mass is 10.1. The Morgan fingerprint density at radius 3 is 2.60 bits per heavy atom. The van der Waals surface area contributed by atoms with Crippen molar-refractivity contribution in [3.05, 3.63) is 48.0 Å². The normalized spacial score (nSPS) is 11.1. The summed E-state index contributed by atoms with van der Waals surface area (Å²) in [6, 6.07) is 13.6. The van der Waals surface area contributed by atoms with Crippen LogP contribution in [0.1, 0.15) is 18.9 Å². The first kappa shape index (κ1) is 22.1. The van der Waals surface area contributed by atoms with Crippen molar-refractivity contribution in [1.29, 1.82) is 0 Å². The smallest absolute Gasteiger partial charge is 0.233 e. The van der Waals surface area contributed by atoms with Gasteiger partial charge in [0.2, 0.25) is 5.91 Å². The number of hydrogen-bond donors (Lipinski definition) is 1. The first-order valence-corrected chi connectivity index (χ1v) is 11.1. The van der Waals surface area contributed by atoms with Crippen molar-refractivity contribution in [3.8, 4) is 11.5 Å². The Hall–Kier alpha value is -2.64. The van der Waals surface area contributed by atoms with Gasteiger partial charge in [-0.05, 0) is 36.8 Å². The van der Waals surface area contributed by atoms with Crippen molar-refractivity contribution in [1.82, 2.24) is 4.98 Å². The van der Waals surface area contributed by atoms with Gasteiger partial charge in [-0.3, -0.25) is 9.69 Å². The summed E-state index contributed by atoms with van der Waals surface area (Å²) < 4.78 is 12.0. The summed E-state index contributed by atoms with van der Waals surface area (Å²) in [7, 11) is 5.88. The number of rotatable bonds is 10. The molecule has 1 amide bonds. The van der Waals surface area contributed by atoms with Gasteiger partial charge in [0.1, 0.15) is 17.0 Å². The largest absolute Gasteiger partial charge is 0.497 e. The van der Waals surface area contributed by atoms with Crippen molar-refractivity contribution in [3.63, 3.8) is 0 Å². The highest BCUT2D eigenvalue weighted by molar-refractivity contribution is 7.22. The zero-order valence-electron chi connectivity index (χ0n) is 18.1. The molecule has 1 aromatic heterocycles. The van der Waals surface area contributed by atoms with Crippen LogP contribution in [-0.4, -0.2) is 51.8 Å². The van der Waals surface area contributed by atoms with Crippen molar-refractivity contribution in [2.75, 3.05) is 45.8 Å². The third-order valence-corrected chi connectivity index (χ3v) is 5.82. The second-order valence-corrected chi connectivity index (χ2v) is 8.42. The minimum atomic E-state index is 0.0472. The van der Waals surface area contributed by atoms with Crippen LogP contribution in [0.3, 0.4) is 0 Å². The summed E-state index contributed by atoms with van der Waals surface area (Å²) in [6.45, 7) is 4.17. The van der Waals surface area contributed by atoms with Crippen LogP contribution in [0.15, 0.2) is 42.5 Å². The molecule has 0 saturated carbocycles. The molecule has 1 heterocycles. The zero-order chi connectivity index (χ0) is 21.5. The first-order valence-electron chi connectivity index (χ1n) is 10.3. The van der Waals surface area contributed by atoms with Gasteiger partial charge in [0.25, 0.3) is 0 Å². The molecule has 1 N–H and O–H groups in total. The maximum absolute atomic E-state index is 13.3. The topological polar surface area (TPSA) is 56.1 Å². The van der Waals surface area contributed by atoms with Gasteiger partial charge in [0.05, 0.1) is 45.5 Å². The molecule has 0 saturated heterocycles. The predicted octanol–water partition coefficient (Wildman–Crippen LogP) is 2.81. The number of thiazole rings is 1. The van der Waals surface area contributed by atoms with Gasteiger partial charge in [-0.1, -0.05) is 29.5 Å². The quantitative estimate of drug-likeness (QED) is 0.540. The Balaban J connectivity index is 1.86. The molecule has 0 aliphatic heterocycles. The molecular formula is C23H30N3O3S+. The Bertz CT molecular complexity index is 969. The number of hydrogen-bond acceptors (Lipinski definition) is 5. The number of carbonyl (C=O) groups excluding carboxylic acids is 1. The molecule has 6 nitrogen and oxygen atoms in total. The predicted molar refractivity (Wildman–Crippen MR) is 122 cm³/mol. The van der Waals surface area contributed by atoms with Gasteiger partial charge in [0.15, 0.2) is 5.13 Å². The van der Waals surface area contributed by atoms with Crippen molar-refractivity contribution in [2.45, 2.75) is 19.8 Å². The summed E-state index contributed by atoms with van der Waals surface area (Å²) in [5.74, 6) is 1.59. The third kappa shape index (κ3) is 5.49. The minimum absolute atomic E-state index is 0.0472. The minimum Gasteiger partial charge on any atom is -0.497 e. The van der Waals surface area contributed by atoms with E-state index in [1.807, 2.05) is 54.3 Å². The molecule has 0 radical (unpaired) electrons. The SMILES string of the molecule is CCOc1cccc2sc(N(CCC[NH+](C)C)C(=O)Cc3ccc(OC)cc3)nc12. The molecule has 0 spiro atoms. The number of nitrogens with zero attached hydrogens (tertiary/aromatic N) is 2. The van der Waals surface area contributed by atoms with Crippen LogP contribution in [0.2, 0.25) is 0 Å². The van der Waals surface area contributed by atoms with Crippen LogP contribution in [0.4, 0.5) is 5.13 Å². The van der Waals surface area contributed by atoms with Crippen LogP contribution >= 0.6 is 11.3 Å². The summed E-state index contributed by atoms with van der Waals surface area (Å²) in [5.41, 5.74) is 1.78. The van der Waals surface area contributed by atoms with Crippen LogP contribution in [0, 0.1) is 0 Å². The Labute approximate surface area is 182 Å². The number of para-hydroxylation sites is 1. The third-order valence-electron chi connectivity index (χ3n) is 4.78. The van der Waals surface area contributed by atoms with Gasteiger partial charge >= 0.3 is 0 Å². The van der Waals surface area contributed by atoms with Crippen LogP contribution < -0.4 is 19.3 Å². The van der Waals surface area contributed by atoms with E-state index in [9.17, 15) is 4.79 Å². The van der Waals surface area contributed by atoms with E-state index in [-0.39, 0.29) is 5.91 Å². The van der Waals surface area contributed by atoms with E-state index in [1.54, 1.807) is 7.11 Å². The average Bonchev–Trinajstić information content (AvgIpc) is 3.16. The average molecular weight is 429 g/mol. The highest BCUT2D eigenvalue weighted by Crippen LogP contribution is 2.34. The molecule has 2 aromatic carbocycles. The molecule has 30 heavy (non-hydrogen) atoms. The molecular weight excluding hydrogens is 398 g/mol. The molecule has 0 atom stereocenters. The number of ether oxygens (including phenoxy) is 2. The lowest BCUT2D eigenvalue weighted by molar-refractivity contribution is -0.858. The number of carbonyl (C=O) groups is 1. The first-order chi connectivity index (χ1) is 14.5. The number of amides is 1. The van der Waals surface area contributed by atoms with E-state index in [0.29, 0.717) is 19.6 Å². The molecule has 0 unspecified atom stereocenters. The molecule has 3 rings (SSSR count). The van der Waals surface area contributed by atoms with Crippen molar-refractivity contribution < 1.29 is 19.2 Å². The van der Waals surface area contributed by atoms with E-state index in [0.717, 1.165) is 45.4 Å². The van der Waals surface area contributed by atoms with Crippen molar-refractivity contribution in [2.24, 2.45) is 0 Å². The summed E-state index contributed by atoms with van der Waals surface area (Å²) in [6.07, 6.45) is 1.23. The molecule has 3 aromatic rings. The van der Waals surface area contributed by atoms with Gasteiger partial charge in [-0.25, -0.2) is 4.98 Å². The fourth-order valence-electron chi connectivity index (χ4n) is 3.23. The van der Waals surface area contributed by atoms with Crippen LogP contribution in [-0.2, 0) is 11.2 Å². The Morgan fingerprint density at radius 1 is 1.17 bits per heavy atom. The molecule has 0 aliphatic rings. The van der Waals surface area contributed by atoms with Crippen molar-refractivity contribution >= 4 is 32.6 Å². The van der Waals surface area contributed by atoms with Gasteiger partial charge in [-0.15, -0.1) is 0 Å². The second-order valence-electron chi connectivity index (χ2n) is 7.41. The fraction of sp³-hybridized carbons (Fsp3) is 0.391. The van der Waals surface area contributed by atoms with E-state index in [2.05, 4.69) is 14.1 Å². The Kier molecular flexibility index (Phi) is 7.65. The number of methoxy groups -OCH3 is 1. The number of fused-ring (bicyclic) bond motifs is 1. The maximum atomic E-state index is 13.3. The highest BCUT2D eigenvalue weighted by Gasteiger charge is 2.21. The van der Waals surface area contributed by atoms with E-state index in [1.165, 1.54) is 16.2 Å². The van der Waals surface area contributed by atoms with Gasteiger partial charge < -0.3 is 14.4 Å². The molecule has 160 valence electrons. The molecule has 7 heteroatoms. The number of benzene rings is 2. The number of nitrogens with one attached hydrogen (secondary N) is 1. The van der Waals surface area contributed by atoms with Crippen LogP contribution in [0.5, 0.6) is 11.5 Å². The second kappa shape index (κ2) is 10.4. The van der Waals surface area contributed by atoms with E-state index in [4.69, 9.17) is 14.5 Å². The molecule has 0 aliphatic carbocycles. The van der Waals surface area contributed by atoms with Gasteiger partial charge in [-0.2, -0.15) is 0 Å². The Morgan fingerprint density at radius 2 is 1.93 bits per heavy atom. The lowest BCUT2D eigenvalue weighted by Crippen LogP contribution is -3.05. The fourth-order valence-corrected chi connectivity index (χ4v) is 4.26. The van der Waals surface area contributed by atoms with E-state index < -0.39 is 0 Å². The standard InChI is InChI=1S/C23H29N3O3S/c1-5-29-19-8-6-9-20-22(19)24-23(30-20)26(15-7-14-25(2)3)21(27)16-17-10-12-18(28-4)13-11-17/h6,8-13H,5,7,14-16H2,1-4H3/p+1. The number of anilines is 1. The summed E-state index contributed by atoms with van der Waals surface area (Å²) in [5, 5.41) is 0.726. The number of aromatic nitrogens is 1. The van der Waals surface area contributed by atoms with Crippen LogP contribution in [0.25, 0.3) is 10.2 Å². The van der Waals surface area contributed by atoms with Gasteiger partial charge in [0, 0.05) is 13.0 Å². The summed E-state index contributed by atoms with van der Waals surface area (Å²) in [4.78, 5) is 21.2. The highest BCUT2D eigenvalue weighted by atomic mass is 32.1. The molecule has 0 fully saturated rings. The number of quaternary nitrogens is 1. The molecule has 0 bridgehead atoms.